The van der Waals surface area contributed by atoms with Crippen LogP contribution in [-0.4, -0.2) is 74.8 Å². The lowest BCUT2D eigenvalue weighted by Crippen LogP contribution is -2.40. The van der Waals surface area contributed by atoms with E-state index >= 15 is 0 Å². The number of halogens is 1. The van der Waals surface area contributed by atoms with E-state index in [1.54, 1.807) is 0 Å². The summed E-state index contributed by atoms with van der Waals surface area (Å²) < 4.78 is 5.81. The molecule has 1 saturated heterocycles. The molecule has 138 valence electrons. The van der Waals surface area contributed by atoms with Crippen molar-refractivity contribution in [3.05, 3.63) is 0 Å². The molecule has 0 aromatic rings. The molecule has 0 amide bonds. The second-order valence-corrected chi connectivity index (χ2v) is 7.31. The van der Waals surface area contributed by atoms with Gasteiger partial charge in [-0.25, -0.2) is 0 Å². The number of hydrogen-bond donors (Lipinski definition) is 2. The molecular weight excluding hydrogens is 423 g/mol. The van der Waals surface area contributed by atoms with Crippen LogP contribution in [0.5, 0.6) is 0 Å². The molecule has 0 aliphatic carbocycles. The highest BCUT2D eigenvalue weighted by Gasteiger charge is 2.16. The number of rotatable bonds is 10. The maximum absolute atomic E-state index is 5.81. The number of hydrogen-bond acceptors (Lipinski definition) is 4. The molecule has 1 heterocycles. The van der Waals surface area contributed by atoms with Crippen LogP contribution in [0.25, 0.3) is 0 Å². The average molecular weight is 458 g/mol. The summed E-state index contributed by atoms with van der Waals surface area (Å²) in [5.41, 5.74) is 0. The number of aliphatic imine (C=N–C) groups is 1. The summed E-state index contributed by atoms with van der Waals surface area (Å²) in [6.45, 7) is 8.54. The molecule has 1 aliphatic rings. The van der Waals surface area contributed by atoms with Gasteiger partial charge in [-0.2, -0.15) is 11.8 Å². The highest BCUT2D eigenvalue weighted by molar-refractivity contribution is 14.0. The van der Waals surface area contributed by atoms with Crippen molar-refractivity contribution in [3.8, 4) is 0 Å². The summed E-state index contributed by atoms with van der Waals surface area (Å²) in [6, 6.07) is 0. The van der Waals surface area contributed by atoms with E-state index < -0.39 is 0 Å². The Labute approximate surface area is 163 Å². The number of thioether (sulfide) groups is 1. The van der Waals surface area contributed by atoms with Gasteiger partial charge in [0.1, 0.15) is 0 Å². The first-order chi connectivity index (χ1) is 10.7. The summed E-state index contributed by atoms with van der Waals surface area (Å²) in [5.74, 6) is 2.22. The summed E-state index contributed by atoms with van der Waals surface area (Å²) in [4.78, 5) is 6.90. The molecule has 2 unspecified atom stereocenters. The third kappa shape index (κ3) is 11.4. The van der Waals surface area contributed by atoms with Gasteiger partial charge in [-0.05, 0) is 53.0 Å². The lowest BCUT2D eigenvalue weighted by atomic mass is 10.2. The van der Waals surface area contributed by atoms with Gasteiger partial charge >= 0.3 is 0 Å². The molecule has 0 radical (unpaired) electrons. The molecule has 0 aromatic heterocycles. The van der Waals surface area contributed by atoms with E-state index in [1.807, 2.05) is 6.92 Å². The Morgan fingerprint density at radius 1 is 1.35 bits per heavy atom. The molecule has 5 nitrogen and oxygen atoms in total. The predicted octanol–water partition coefficient (Wildman–Crippen LogP) is 2.41. The molecule has 7 heteroatoms. The molecule has 23 heavy (non-hydrogen) atoms. The zero-order chi connectivity index (χ0) is 16.2. The monoisotopic (exact) mass is 458 g/mol. The van der Waals surface area contributed by atoms with Gasteiger partial charge in [-0.3, -0.25) is 4.99 Å². The van der Waals surface area contributed by atoms with Crippen LogP contribution in [0, 0.1) is 0 Å². The highest BCUT2D eigenvalue weighted by atomic mass is 127. The fourth-order valence-corrected chi connectivity index (χ4v) is 3.62. The van der Waals surface area contributed by atoms with Gasteiger partial charge in [0, 0.05) is 31.5 Å². The third-order valence-corrected chi connectivity index (χ3v) is 5.02. The average Bonchev–Trinajstić information content (AvgIpc) is 3.00. The van der Waals surface area contributed by atoms with Crippen molar-refractivity contribution in [3.63, 3.8) is 0 Å². The third-order valence-electron chi connectivity index (χ3n) is 3.62. The van der Waals surface area contributed by atoms with E-state index in [4.69, 9.17) is 9.73 Å². The minimum atomic E-state index is 0. The Kier molecular flexibility index (Phi) is 14.8. The topological polar surface area (TPSA) is 48.9 Å². The molecule has 2 N–H and O–H groups in total. The van der Waals surface area contributed by atoms with E-state index in [9.17, 15) is 0 Å². The minimum absolute atomic E-state index is 0. The van der Waals surface area contributed by atoms with Gasteiger partial charge < -0.3 is 20.3 Å². The van der Waals surface area contributed by atoms with Crippen LogP contribution in [0.2, 0.25) is 0 Å². The van der Waals surface area contributed by atoms with Crippen molar-refractivity contribution in [2.45, 2.75) is 44.5 Å². The molecule has 1 fully saturated rings. The number of guanidine groups is 1. The SMILES string of the molecule is CCNC(=NCC(CCN(C)C)OCC)NCC1CCCS1.I. The quantitative estimate of drug-likeness (QED) is 0.299. The summed E-state index contributed by atoms with van der Waals surface area (Å²) >= 11 is 2.07. The molecule has 1 rings (SSSR count). The van der Waals surface area contributed by atoms with Crippen LogP contribution in [0.4, 0.5) is 0 Å². The molecule has 2 atom stereocenters. The first kappa shape index (κ1) is 23.3. The first-order valence-electron chi connectivity index (χ1n) is 8.55. The Bertz CT molecular complexity index is 312. The van der Waals surface area contributed by atoms with Crippen LogP contribution in [-0.2, 0) is 4.74 Å². The van der Waals surface area contributed by atoms with Gasteiger partial charge in [-0.1, -0.05) is 0 Å². The number of nitrogens with zero attached hydrogens (tertiary/aromatic N) is 2. The molecule has 1 aliphatic heterocycles. The van der Waals surface area contributed by atoms with Gasteiger partial charge in [0.2, 0.25) is 0 Å². The van der Waals surface area contributed by atoms with Crippen LogP contribution in [0.3, 0.4) is 0 Å². The van der Waals surface area contributed by atoms with Crippen molar-refractivity contribution < 1.29 is 4.74 Å². The lowest BCUT2D eigenvalue weighted by Gasteiger charge is -2.19. The van der Waals surface area contributed by atoms with Crippen molar-refractivity contribution in [2.75, 3.05) is 52.6 Å². The fourth-order valence-electron chi connectivity index (χ4n) is 2.42. The van der Waals surface area contributed by atoms with Crippen molar-refractivity contribution >= 4 is 41.7 Å². The lowest BCUT2D eigenvalue weighted by molar-refractivity contribution is 0.0582. The van der Waals surface area contributed by atoms with Crippen LogP contribution in [0.1, 0.15) is 33.1 Å². The smallest absolute Gasteiger partial charge is 0.191 e. The van der Waals surface area contributed by atoms with Gasteiger partial charge in [0.15, 0.2) is 5.96 Å². The minimum Gasteiger partial charge on any atom is -0.377 e. The fraction of sp³-hybridized carbons (Fsp3) is 0.938. The first-order valence-corrected chi connectivity index (χ1v) is 9.60. The Balaban J connectivity index is 0.00000484. The van der Waals surface area contributed by atoms with E-state index in [-0.39, 0.29) is 30.1 Å². The summed E-state index contributed by atoms with van der Waals surface area (Å²) in [6.07, 6.45) is 3.88. The number of nitrogens with one attached hydrogen (secondary N) is 2. The maximum atomic E-state index is 5.81. The Morgan fingerprint density at radius 2 is 2.13 bits per heavy atom. The summed E-state index contributed by atoms with van der Waals surface area (Å²) in [5, 5.41) is 7.55. The van der Waals surface area contributed by atoms with Gasteiger partial charge in [-0.15, -0.1) is 24.0 Å². The molecule has 0 bridgehead atoms. The maximum Gasteiger partial charge on any atom is 0.191 e. The van der Waals surface area contributed by atoms with Crippen molar-refractivity contribution in [1.82, 2.24) is 15.5 Å². The van der Waals surface area contributed by atoms with E-state index in [2.05, 4.69) is 48.3 Å². The zero-order valence-corrected chi connectivity index (χ0v) is 18.3. The summed E-state index contributed by atoms with van der Waals surface area (Å²) in [7, 11) is 4.19. The van der Waals surface area contributed by atoms with E-state index in [1.165, 1.54) is 18.6 Å². The van der Waals surface area contributed by atoms with E-state index in [0.717, 1.165) is 50.4 Å². The highest BCUT2D eigenvalue weighted by Crippen LogP contribution is 2.25. The van der Waals surface area contributed by atoms with E-state index in [0.29, 0.717) is 0 Å². The normalized spacial score (nSPS) is 19.5. The standard InChI is InChI=1S/C16H34N4OS.HI/c1-5-17-16(19-13-15-8-7-11-22-15)18-12-14(21-6-2)9-10-20(3)4;/h14-15H,5-13H2,1-4H3,(H2,17,18,19);1H. The predicted molar refractivity (Wildman–Crippen MR) is 113 cm³/mol. The zero-order valence-electron chi connectivity index (χ0n) is 15.1. The molecule has 0 spiro atoms. The second kappa shape index (κ2) is 14.6. The Morgan fingerprint density at radius 3 is 2.70 bits per heavy atom. The molecule has 0 aromatic carbocycles. The number of ether oxygens (including phenoxy) is 1. The molecule has 0 saturated carbocycles. The van der Waals surface area contributed by atoms with Gasteiger partial charge in [0.05, 0.1) is 12.6 Å². The van der Waals surface area contributed by atoms with Crippen LogP contribution >= 0.6 is 35.7 Å². The van der Waals surface area contributed by atoms with Crippen LogP contribution < -0.4 is 10.6 Å². The molecular formula is C16H35IN4OS. The Hall–Kier alpha value is 0.270. The second-order valence-electron chi connectivity index (χ2n) is 5.90. The largest absolute Gasteiger partial charge is 0.377 e. The van der Waals surface area contributed by atoms with Crippen LogP contribution in [0.15, 0.2) is 4.99 Å². The van der Waals surface area contributed by atoms with Crippen molar-refractivity contribution in [1.29, 1.82) is 0 Å². The van der Waals surface area contributed by atoms with Gasteiger partial charge in [0.25, 0.3) is 0 Å². The van der Waals surface area contributed by atoms with Crippen molar-refractivity contribution in [2.24, 2.45) is 4.99 Å².